The molecule has 0 N–H and O–H groups in total. The van der Waals surface area contributed by atoms with Crippen LogP contribution in [0, 0.1) is 0 Å². The largest absolute Gasteiger partial charge is 0.449 e. The molecule has 2 heterocycles. The van der Waals surface area contributed by atoms with Crippen LogP contribution in [-0.2, 0) is 9.47 Å². The van der Waals surface area contributed by atoms with E-state index in [2.05, 4.69) is 9.97 Å². The lowest BCUT2D eigenvalue weighted by Crippen LogP contribution is -2.08. The summed E-state index contributed by atoms with van der Waals surface area (Å²) >= 11 is 7.29. The fourth-order valence-corrected chi connectivity index (χ4v) is 2.15. The van der Waals surface area contributed by atoms with Gasteiger partial charge in [0.25, 0.3) is 0 Å². The van der Waals surface area contributed by atoms with E-state index in [-0.39, 0.29) is 12.1 Å². The van der Waals surface area contributed by atoms with Gasteiger partial charge in [0, 0.05) is 7.11 Å². The Bertz CT molecular complexity index is 491. The standard InChI is InChI=1S/C10H11ClN2O3S/c1-14-3-4-15-6-16-9-8-7(2-5-17-8)12-10(11)13-9/h2,5H,3-4,6H2,1H3. The molecule has 5 nitrogen and oxygen atoms in total. The van der Waals surface area contributed by atoms with Gasteiger partial charge >= 0.3 is 0 Å². The van der Waals surface area contributed by atoms with Crippen LogP contribution in [0.25, 0.3) is 10.2 Å². The van der Waals surface area contributed by atoms with Crippen LogP contribution < -0.4 is 4.74 Å². The molecular formula is C10H11ClN2O3S. The number of rotatable bonds is 6. The summed E-state index contributed by atoms with van der Waals surface area (Å²) in [5, 5.41) is 2.08. The maximum absolute atomic E-state index is 5.78. The number of halogens is 1. The monoisotopic (exact) mass is 274 g/mol. The van der Waals surface area contributed by atoms with Gasteiger partial charge in [-0.15, -0.1) is 11.3 Å². The Hall–Kier alpha value is -0.950. The van der Waals surface area contributed by atoms with Crippen molar-refractivity contribution in [3.8, 4) is 5.88 Å². The Labute approximate surface area is 107 Å². The van der Waals surface area contributed by atoms with Crippen LogP contribution in [-0.4, -0.2) is 37.1 Å². The van der Waals surface area contributed by atoms with E-state index < -0.39 is 0 Å². The first-order chi connectivity index (χ1) is 8.31. The van der Waals surface area contributed by atoms with Crippen molar-refractivity contribution >= 4 is 33.2 Å². The fraction of sp³-hybridized carbons (Fsp3) is 0.400. The topological polar surface area (TPSA) is 53.5 Å². The first-order valence-corrected chi connectivity index (χ1v) is 6.17. The zero-order valence-electron chi connectivity index (χ0n) is 9.18. The highest BCUT2D eigenvalue weighted by Gasteiger charge is 2.08. The molecule has 0 radical (unpaired) electrons. The molecule has 0 atom stereocenters. The van der Waals surface area contributed by atoms with E-state index in [1.807, 2.05) is 11.4 Å². The van der Waals surface area contributed by atoms with Crippen LogP contribution in [0.2, 0.25) is 5.28 Å². The SMILES string of the molecule is COCCOCOc1nc(Cl)nc2ccsc12. The lowest BCUT2D eigenvalue weighted by molar-refractivity contribution is -0.00964. The first kappa shape index (κ1) is 12.5. The van der Waals surface area contributed by atoms with Crippen molar-refractivity contribution in [2.75, 3.05) is 27.1 Å². The highest BCUT2D eigenvalue weighted by atomic mass is 35.5. The average Bonchev–Trinajstić information content (AvgIpc) is 2.76. The van der Waals surface area contributed by atoms with Crippen LogP contribution in [0.5, 0.6) is 5.88 Å². The number of ether oxygens (including phenoxy) is 3. The molecule has 7 heteroatoms. The first-order valence-electron chi connectivity index (χ1n) is 4.91. The molecule has 0 aliphatic carbocycles. The molecule has 0 aliphatic rings. The zero-order chi connectivity index (χ0) is 12.1. The average molecular weight is 275 g/mol. The molecule has 0 saturated carbocycles. The summed E-state index contributed by atoms with van der Waals surface area (Å²) in [4.78, 5) is 8.10. The molecule has 0 aromatic carbocycles. The third-order valence-corrected chi connectivity index (χ3v) is 3.02. The molecule has 0 saturated heterocycles. The van der Waals surface area contributed by atoms with Crippen LogP contribution in [0.3, 0.4) is 0 Å². The van der Waals surface area contributed by atoms with E-state index in [1.165, 1.54) is 11.3 Å². The zero-order valence-corrected chi connectivity index (χ0v) is 10.8. The van der Waals surface area contributed by atoms with E-state index in [4.69, 9.17) is 25.8 Å². The van der Waals surface area contributed by atoms with E-state index in [9.17, 15) is 0 Å². The van der Waals surface area contributed by atoms with Crippen molar-refractivity contribution < 1.29 is 14.2 Å². The van der Waals surface area contributed by atoms with Crippen molar-refractivity contribution in [3.63, 3.8) is 0 Å². The summed E-state index contributed by atoms with van der Waals surface area (Å²) in [5.74, 6) is 0.451. The third-order valence-electron chi connectivity index (χ3n) is 1.96. The smallest absolute Gasteiger partial charge is 0.238 e. The quantitative estimate of drug-likeness (QED) is 0.460. The van der Waals surface area contributed by atoms with E-state index in [0.717, 1.165) is 10.2 Å². The molecule has 92 valence electrons. The number of nitrogens with zero attached hydrogens (tertiary/aromatic N) is 2. The van der Waals surface area contributed by atoms with Gasteiger partial charge in [0.2, 0.25) is 11.2 Å². The molecule has 0 fully saturated rings. The van der Waals surface area contributed by atoms with Gasteiger partial charge in [0.1, 0.15) is 4.70 Å². The normalized spacial score (nSPS) is 10.9. The molecule has 0 unspecified atom stereocenters. The molecule has 2 aromatic heterocycles. The second-order valence-corrected chi connectivity index (χ2v) is 4.35. The Balaban J connectivity index is 2.00. The number of aromatic nitrogens is 2. The minimum atomic E-state index is 0.115. The van der Waals surface area contributed by atoms with Gasteiger partial charge < -0.3 is 14.2 Å². The minimum Gasteiger partial charge on any atom is -0.449 e. The Morgan fingerprint density at radius 1 is 1.35 bits per heavy atom. The number of fused-ring (bicyclic) bond motifs is 1. The summed E-state index contributed by atoms with van der Waals surface area (Å²) in [6.45, 7) is 1.12. The fourth-order valence-electron chi connectivity index (χ4n) is 1.21. The highest BCUT2D eigenvalue weighted by Crippen LogP contribution is 2.28. The van der Waals surface area contributed by atoms with E-state index in [0.29, 0.717) is 19.1 Å². The summed E-state index contributed by atoms with van der Waals surface area (Å²) < 4.78 is 16.3. The van der Waals surface area contributed by atoms with Gasteiger partial charge in [-0.2, -0.15) is 4.98 Å². The van der Waals surface area contributed by atoms with Crippen molar-refractivity contribution in [1.29, 1.82) is 0 Å². The molecule has 0 spiro atoms. The molecule has 2 aromatic rings. The van der Waals surface area contributed by atoms with Crippen LogP contribution in [0.15, 0.2) is 11.4 Å². The summed E-state index contributed by atoms with van der Waals surface area (Å²) in [6.07, 6.45) is 0. The van der Waals surface area contributed by atoms with Gasteiger partial charge in [0.05, 0.1) is 18.7 Å². The van der Waals surface area contributed by atoms with Crippen LogP contribution in [0.4, 0.5) is 0 Å². The number of hydrogen-bond donors (Lipinski definition) is 0. The Kier molecular flexibility index (Phi) is 4.49. The Morgan fingerprint density at radius 2 is 2.24 bits per heavy atom. The van der Waals surface area contributed by atoms with Crippen molar-refractivity contribution in [1.82, 2.24) is 9.97 Å². The van der Waals surface area contributed by atoms with Crippen LogP contribution in [0.1, 0.15) is 0 Å². The molecule has 0 amide bonds. The number of hydrogen-bond acceptors (Lipinski definition) is 6. The van der Waals surface area contributed by atoms with Gasteiger partial charge in [-0.3, -0.25) is 0 Å². The van der Waals surface area contributed by atoms with Crippen molar-refractivity contribution in [2.24, 2.45) is 0 Å². The molecule has 0 aliphatic heterocycles. The summed E-state index contributed by atoms with van der Waals surface area (Å²) in [6, 6.07) is 1.87. The molecule has 17 heavy (non-hydrogen) atoms. The van der Waals surface area contributed by atoms with Crippen molar-refractivity contribution in [3.05, 3.63) is 16.7 Å². The minimum absolute atomic E-state index is 0.115. The maximum atomic E-state index is 5.78. The summed E-state index contributed by atoms with van der Waals surface area (Å²) in [7, 11) is 1.61. The lowest BCUT2D eigenvalue weighted by Gasteiger charge is -2.06. The molecule has 0 bridgehead atoms. The lowest BCUT2D eigenvalue weighted by atomic mass is 10.5. The molecular weight excluding hydrogens is 264 g/mol. The van der Waals surface area contributed by atoms with E-state index >= 15 is 0 Å². The predicted molar refractivity (Wildman–Crippen MR) is 65.7 cm³/mol. The number of methoxy groups -OCH3 is 1. The van der Waals surface area contributed by atoms with Crippen molar-refractivity contribution in [2.45, 2.75) is 0 Å². The van der Waals surface area contributed by atoms with Gasteiger partial charge in [-0.25, -0.2) is 4.98 Å². The van der Waals surface area contributed by atoms with Crippen LogP contribution >= 0.6 is 22.9 Å². The third kappa shape index (κ3) is 3.26. The van der Waals surface area contributed by atoms with Gasteiger partial charge in [0.15, 0.2) is 6.79 Å². The highest BCUT2D eigenvalue weighted by molar-refractivity contribution is 7.17. The second-order valence-electron chi connectivity index (χ2n) is 3.10. The van der Waals surface area contributed by atoms with Gasteiger partial charge in [-0.1, -0.05) is 0 Å². The summed E-state index contributed by atoms with van der Waals surface area (Å²) in [5.41, 5.74) is 0.780. The maximum Gasteiger partial charge on any atom is 0.238 e. The molecule has 2 rings (SSSR count). The van der Waals surface area contributed by atoms with E-state index in [1.54, 1.807) is 7.11 Å². The van der Waals surface area contributed by atoms with Gasteiger partial charge in [-0.05, 0) is 23.0 Å². The second kappa shape index (κ2) is 6.11. The Morgan fingerprint density at radius 3 is 3.06 bits per heavy atom. The predicted octanol–water partition coefficient (Wildman–Crippen LogP) is 2.34. The number of thiophene rings is 1.